The Morgan fingerprint density at radius 3 is 2.10 bits per heavy atom. The van der Waals surface area contributed by atoms with E-state index in [0.717, 1.165) is 59.9 Å². The maximum Gasteiger partial charge on any atom is 0.490 e. The van der Waals surface area contributed by atoms with Crippen molar-refractivity contribution in [3.05, 3.63) is 99.9 Å². The molecular weight excluding hydrogens is 563 g/mol. The standard InChI is InChI=1S/C30H33N3OS.C2HF3O2/c1-22-11-12-25(17-23(22)2)21-33-14-6-13-32(15-16-33)20-24-7-5-9-27(18-24)31-30(34)29-19-26-8-3-4-10-28(26)35-29;3-2(4,5)1(6)7/h3-5,7-12,17-19H,6,13-16,20-21H2,1-2H3,(H,31,34);(H,6,7). The number of hydrogen-bond donors (Lipinski definition) is 2. The molecule has 1 aliphatic rings. The summed E-state index contributed by atoms with van der Waals surface area (Å²) in [4.78, 5) is 27.6. The highest BCUT2D eigenvalue weighted by Crippen LogP contribution is 2.26. The van der Waals surface area contributed by atoms with Gasteiger partial charge in [-0.15, -0.1) is 11.3 Å². The van der Waals surface area contributed by atoms with Crippen LogP contribution in [-0.2, 0) is 17.9 Å². The minimum atomic E-state index is -5.08. The fourth-order valence-electron chi connectivity index (χ4n) is 4.79. The number of aryl methyl sites for hydroxylation is 2. The Bertz CT molecular complexity index is 1500. The third kappa shape index (κ3) is 8.88. The van der Waals surface area contributed by atoms with Crippen molar-refractivity contribution in [1.29, 1.82) is 0 Å². The molecule has 222 valence electrons. The zero-order chi connectivity index (χ0) is 30.3. The molecular formula is C32H34F3N3O3S. The van der Waals surface area contributed by atoms with Gasteiger partial charge >= 0.3 is 12.1 Å². The summed E-state index contributed by atoms with van der Waals surface area (Å²) in [5.74, 6) is -2.80. The molecule has 4 aromatic rings. The van der Waals surface area contributed by atoms with Crippen molar-refractivity contribution < 1.29 is 27.9 Å². The van der Waals surface area contributed by atoms with Crippen LogP contribution in [0.4, 0.5) is 18.9 Å². The van der Waals surface area contributed by atoms with E-state index in [2.05, 4.69) is 65.4 Å². The molecule has 2 heterocycles. The molecule has 0 aliphatic carbocycles. The van der Waals surface area contributed by atoms with Gasteiger partial charge in [-0.05, 0) is 85.3 Å². The molecule has 10 heteroatoms. The highest BCUT2D eigenvalue weighted by Gasteiger charge is 2.38. The number of thiophene rings is 1. The van der Waals surface area contributed by atoms with Gasteiger partial charge in [-0.2, -0.15) is 13.2 Å². The number of halogens is 3. The van der Waals surface area contributed by atoms with E-state index in [9.17, 15) is 18.0 Å². The zero-order valence-corrected chi connectivity index (χ0v) is 24.4. The van der Waals surface area contributed by atoms with Crippen LogP contribution in [-0.4, -0.2) is 59.1 Å². The summed E-state index contributed by atoms with van der Waals surface area (Å²) in [6.45, 7) is 10.7. The van der Waals surface area contributed by atoms with Gasteiger partial charge in [-0.25, -0.2) is 4.79 Å². The first-order valence-electron chi connectivity index (χ1n) is 13.7. The lowest BCUT2D eigenvalue weighted by atomic mass is 10.1. The second-order valence-corrected chi connectivity index (χ2v) is 11.5. The Hall–Kier alpha value is -3.73. The van der Waals surface area contributed by atoms with Gasteiger partial charge in [-0.3, -0.25) is 14.6 Å². The number of benzene rings is 3. The van der Waals surface area contributed by atoms with Gasteiger partial charge in [0.1, 0.15) is 0 Å². The molecule has 0 saturated carbocycles. The summed E-state index contributed by atoms with van der Waals surface area (Å²) < 4.78 is 32.9. The molecule has 42 heavy (non-hydrogen) atoms. The van der Waals surface area contributed by atoms with Crippen LogP contribution < -0.4 is 5.32 Å². The van der Waals surface area contributed by atoms with E-state index in [4.69, 9.17) is 9.90 Å². The Kier molecular flexibility index (Phi) is 10.4. The van der Waals surface area contributed by atoms with Crippen molar-refractivity contribution in [2.75, 3.05) is 31.5 Å². The average Bonchev–Trinajstić information content (AvgIpc) is 3.27. The van der Waals surface area contributed by atoms with Crippen LogP contribution in [0.15, 0.2) is 72.8 Å². The monoisotopic (exact) mass is 597 g/mol. The predicted molar refractivity (Wildman–Crippen MR) is 161 cm³/mol. The van der Waals surface area contributed by atoms with Crippen molar-refractivity contribution >= 4 is 39.0 Å². The summed E-state index contributed by atoms with van der Waals surface area (Å²) in [6.07, 6.45) is -3.91. The van der Waals surface area contributed by atoms with Crippen LogP contribution in [0.25, 0.3) is 10.1 Å². The molecule has 1 aromatic heterocycles. The van der Waals surface area contributed by atoms with Gasteiger partial charge in [0, 0.05) is 36.6 Å². The number of carboxylic acids is 1. The molecule has 1 saturated heterocycles. The molecule has 1 aliphatic heterocycles. The van der Waals surface area contributed by atoms with Crippen LogP contribution in [0.2, 0.25) is 0 Å². The fraction of sp³-hybridized carbons (Fsp3) is 0.312. The number of fused-ring (bicyclic) bond motifs is 1. The fourth-order valence-corrected chi connectivity index (χ4v) is 5.75. The highest BCUT2D eigenvalue weighted by molar-refractivity contribution is 7.20. The van der Waals surface area contributed by atoms with E-state index in [0.29, 0.717) is 0 Å². The topological polar surface area (TPSA) is 72.9 Å². The number of hydrogen-bond acceptors (Lipinski definition) is 5. The van der Waals surface area contributed by atoms with E-state index in [-0.39, 0.29) is 5.91 Å². The highest BCUT2D eigenvalue weighted by atomic mass is 32.1. The van der Waals surface area contributed by atoms with Gasteiger partial charge in [0.25, 0.3) is 5.91 Å². The first-order chi connectivity index (χ1) is 20.0. The lowest BCUT2D eigenvalue weighted by Crippen LogP contribution is -2.30. The minimum Gasteiger partial charge on any atom is -0.475 e. The number of anilines is 1. The molecule has 1 amide bonds. The summed E-state index contributed by atoms with van der Waals surface area (Å²) >= 11 is 1.54. The molecule has 3 aromatic carbocycles. The quantitative estimate of drug-likeness (QED) is 0.248. The Labute approximate surface area is 247 Å². The SMILES string of the molecule is Cc1ccc(CN2CCCN(Cc3cccc(NC(=O)c4cc5ccccc5s4)c3)CC2)cc1C.O=C(O)C(F)(F)F. The molecule has 6 nitrogen and oxygen atoms in total. The van der Waals surface area contributed by atoms with Crippen LogP contribution in [0.5, 0.6) is 0 Å². The van der Waals surface area contributed by atoms with Gasteiger partial charge in [0.05, 0.1) is 4.88 Å². The largest absolute Gasteiger partial charge is 0.490 e. The predicted octanol–water partition coefficient (Wildman–Crippen LogP) is 7.11. The Morgan fingerprint density at radius 2 is 1.48 bits per heavy atom. The van der Waals surface area contributed by atoms with E-state index in [1.54, 1.807) is 0 Å². The number of nitrogens with one attached hydrogen (secondary N) is 1. The van der Waals surface area contributed by atoms with Gasteiger partial charge in [-0.1, -0.05) is 48.5 Å². The van der Waals surface area contributed by atoms with Crippen molar-refractivity contribution in [1.82, 2.24) is 9.80 Å². The molecule has 0 radical (unpaired) electrons. The summed E-state index contributed by atoms with van der Waals surface area (Å²) in [5.41, 5.74) is 6.23. The van der Waals surface area contributed by atoms with Crippen LogP contribution in [0.1, 0.15) is 38.3 Å². The maximum atomic E-state index is 12.8. The van der Waals surface area contributed by atoms with Gasteiger partial charge in [0.2, 0.25) is 0 Å². The number of carbonyl (C=O) groups is 2. The molecule has 1 fully saturated rings. The molecule has 0 bridgehead atoms. The van der Waals surface area contributed by atoms with E-state index >= 15 is 0 Å². The Morgan fingerprint density at radius 1 is 0.833 bits per heavy atom. The second kappa shape index (κ2) is 14.0. The van der Waals surface area contributed by atoms with E-state index in [1.165, 1.54) is 40.0 Å². The number of aliphatic carboxylic acids is 1. The molecule has 2 N–H and O–H groups in total. The van der Waals surface area contributed by atoms with Crippen LogP contribution in [0.3, 0.4) is 0 Å². The van der Waals surface area contributed by atoms with E-state index < -0.39 is 12.1 Å². The number of amides is 1. The second-order valence-electron chi connectivity index (χ2n) is 10.4. The number of nitrogens with zero attached hydrogens (tertiary/aromatic N) is 2. The summed E-state index contributed by atoms with van der Waals surface area (Å²) in [7, 11) is 0. The van der Waals surface area contributed by atoms with Crippen molar-refractivity contribution in [3.8, 4) is 0 Å². The number of rotatable bonds is 6. The third-order valence-corrected chi connectivity index (χ3v) is 8.26. The third-order valence-electron chi connectivity index (χ3n) is 7.14. The maximum absolute atomic E-state index is 12.8. The zero-order valence-electron chi connectivity index (χ0n) is 23.6. The first kappa shape index (κ1) is 31.2. The summed E-state index contributed by atoms with van der Waals surface area (Å²) in [5, 5.41) is 11.3. The number of carboxylic acid groups (broad SMARTS) is 1. The number of alkyl halides is 3. The van der Waals surface area contributed by atoms with Gasteiger partial charge in [0.15, 0.2) is 0 Å². The molecule has 0 unspecified atom stereocenters. The Balaban J connectivity index is 0.000000517. The van der Waals surface area contributed by atoms with Crippen molar-refractivity contribution in [2.45, 2.75) is 39.5 Å². The lowest BCUT2D eigenvalue weighted by molar-refractivity contribution is -0.192. The molecule has 0 spiro atoms. The smallest absolute Gasteiger partial charge is 0.475 e. The number of carbonyl (C=O) groups excluding carboxylic acids is 1. The van der Waals surface area contributed by atoms with E-state index in [1.807, 2.05) is 36.4 Å². The van der Waals surface area contributed by atoms with Crippen LogP contribution in [0, 0.1) is 13.8 Å². The van der Waals surface area contributed by atoms with Crippen molar-refractivity contribution in [2.24, 2.45) is 0 Å². The minimum absolute atomic E-state index is 0.0416. The summed E-state index contributed by atoms with van der Waals surface area (Å²) in [6, 6.07) is 25.2. The normalized spacial score (nSPS) is 14.6. The van der Waals surface area contributed by atoms with Crippen molar-refractivity contribution in [3.63, 3.8) is 0 Å². The molecule has 5 rings (SSSR count). The molecule has 0 atom stereocenters. The van der Waals surface area contributed by atoms with Crippen LogP contribution >= 0.6 is 11.3 Å². The van der Waals surface area contributed by atoms with Gasteiger partial charge < -0.3 is 10.4 Å². The first-order valence-corrected chi connectivity index (χ1v) is 14.5. The lowest BCUT2D eigenvalue weighted by Gasteiger charge is -2.22. The average molecular weight is 598 g/mol.